The molecule has 26 heavy (non-hydrogen) atoms. The highest BCUT2D eigenvalue weighted by Gasteiger charge is 2.25. The minimum Gasteiger partial charge on any atom is -0.480 e. The number of hydrogen-bond acceptors (Lipinski definition) is 5. The number of Topliss-reactive ketones (excluding diaryl/α,β-unsaturated/α-hetero) is 1. The van der Waals surface area contributed by atoms with Gasteiger partial charge >= 0.3 is 5.97 Å². The summed E-state index contributed by atoms with van der Waals surface area (Å²) < 4.78 is 0. The Labute approximate surface area is 158 Å². The zero-order chi connectivity index (χ0) is 19.1. The fraction of sp³-hybridized carbons (Fsp3) is 0.450. The molecular weight excluding hydrogens is 348 g/mol. The number of benzene rings is 1. The summed E-state index contributed by atoms with van der Waals surface area (Å²) in [6.07, 6.45) is 1.62. The molecule has 0 aliphatic rings. The van der Waals surface area contributed by atoms with Crippen LogP contribution in [0.4, 0.5) is 0 Å². The third-order valence-corrected chi connectivity index (χ3v) is 5.01. The first-order valence-corrected chi connectivity index (χ1v) is 9.69. The number of carboxylic acid groups (broad SMARTS) is 1. The molecule has 2 aromatic rings. The number of carbonyl (C=O) groups excluding carboxylic acids is 1. The number of rotatable bonds is 10. The van der Waals surface area contributed by atoms with Crippen LogP contribution in [0.3, 0.4) is 0 Å². The SMILES string of the molecule is CC(=O)C(CC(C)C)NC(Cc1csc(Cc2ccccc2)n1)C(=O)O. The van der Waals surface area contributed by atoms with Gasteiger partial charge in [0.05, 0.1) is 16.7 Å². The van der Waals surface area contributed by atoms with E-state index in [0.29, 0.717) is 12.3 Å². The van der Waals surface area contributed by atoms with Gasteiger partial charge in [0, 0.05) is 18.2 Å². The van der Waals surface area contributed by atoms with Crippen molar-refractivity contribution in [1.29, 1.82) is 0 Å². The fourth-order valence-electron chi connectivity index (χ4n) is 2.79. The molecule has 0 fully saturated rings. The van der Waals surface area contributed by atoms with Crippen LogP contribution in [0, 0.1) is 5.92 Å². The van der Waals surface area contributed by atoms with E-state index in [0.717, 1.165) is 17.1 Å². The van der Waals surface area contributed by atoms with E-state index < -0.39 is 18.1 Å². The Morgan fingerprint density at radius 3 is 2.46 bits per heavy atom. The number of nitrogens with zero attached hydrogens (tertiary/aromatic N) is 1. The smallest absolute Gasteiger partial charge is 0.321 e. The number of aliphatic carboxylic acids is 1. The second kappa shape index (κ2) is 9.59. The van der Waals surface area contributed by atoms with Crippen molar-refractivity contribution in [2.45, 2.75) is 52.1 Å². The van der Waals surface area contributed by atoms with Gasteiger partial charge in [-0.2, -0.15) is 0 Å². The summed E-state index contributed by atoms with van der Waals surface area (Å²) in [5, 5.41) is 15.4. The molecule has 0 aliphatic carbocycles. The number of carboxylic acids is 1. The van der Waals surface area contributed by atoms with Crippen molar-refractivity contribution in [3.05, 3.63) is 52.0 Å². The quantitative estimate of drug-likeness (QED) is 0.667. The van der Waals surface area contributed by atoms with Gasteiger partial charge in [0.2, 0.25) is 0 Å². The summed E-state index contributed by atoms with van der Waals surface area (Å²) in [5.74, 6) is -0.687. The van der Waals surface area contributed by atoms with Crippen LogP contribution in [-0.2, 0) is 22.4 Å². The molecule has 2 atom stereocenters. The Bertz CT molecular complexity index is 728. The van der Waals surface area contributed by atoms with Gasteiger partial charge in [0.15, 0.2) is 0 Å². The van der Waals surface area contributed by atoms with Gasteiger partial charge in [0.25, 0.3) is 0 Å². The Morgan fingerprint density at radius 2 is 1.88 bits per heavy atom. The van der Waals surface area contributed by atoms with Crippen LogP contribution in [0.25, 0.3) is 0 Å². The van der Waals surface area contributed by atoms with Gasteiger partial charge in [-0.05, 0) is 24.8 Å². The van der Waals surface area contributed by atoms with Crippen molar-refractivity contribution in [1.82, 2.24) is 10.3 Å². The van der Waals surface area contributed by atoms with E-state index in [1.807, 2.05) is 49.6 Å². The molecule has 0 bridgehead atoms. The second-order valence-corrected chi connectivity index (χ2v) is 7.89. The maximum atomic E-state index is 11.8. The average molecular weight is 375 g/mol. The number of thiazole rings is 1. The molecule has 1 aromatic heterocycles. The van der Waals surface area contributed by atoms with Crippen LogP contribution in [0.5, 0.6) is 0 Å². The first kappa shape index (κ1) is 20.3. The monoisotopic (exact) mass is 374 g/mol. The highest BCUT2D eigenvalue weighted by Crippen LogP contribution is 2.16. The number of ketones is 1. The predicted octanol–water partition coefficient (Wildman–Crippen LogP) is 3.32. The normalized spacial score (nSPS) is 13.5. The first-order valence-electron chi connectivity index (χ1n) is 8.81. The van der Waals surface area contributed by atoms with E-state index in [1.54, 1.807) is 0 Å². The molecule has 2 unspecified atom stereocenters. The highest BCUT2D eigenvalue weighted by atomic mass is 32.1. The average Bonchev–Trinajstić information content (AvgIpc) is 3.00. The summed E-state index contributed by atoms with van der Waals surface area (Å²) in [5.41, 5.74) is 1.92. The number of hydrogen-bond donors (Lipinski definition) is 2. The predicted molar refractivity (Wildman–Crippen MR) is 104 cm³/mol. The van der Waals surface area contributed by atoms with Gasteiger partial charge in [-0.1, -0.05) is 44.2 Å². The molecule has 6 heteroatoms. The fourth-order valence-corrected chi connectivity index (χ4v) is 3.63. The van der Waals surface area contributed by atoms with Crippen LogP contribution < -0.4 is 5.32 Å². The van der Waals surface area contributed by atoms with Gasteiger partial charge in [-0.25, -0.2) is 4.98 Å². The summed E-state index contributed by atoms with van der Waals surface area (Å²) >= 11 is 1.54. The molecule has 1 aromatic carbocycles. The van der Waals surface area contributed by atoms with Crippen LogP contribution in [-0.4, -0.2) is 33.9 Å². The standard InChI is InChI=1S/C20H26N2O3S/c1-13(2)9-17(14(3)23)22-18(20(24)25)11-16-12-26-19(21-16)10-15-7-5-4-6-8-15/h4-8,12-13,17-18,22H,9-11H2,1-3H3,(H,24,25). The van der Waals surface area contributed by atoms with E-state index in [2.05, 4.69) is 10.3 Å². The largest absolute Gasteiger partial charge is 0.480 e. The van der Waals surface area contributed by atoms with Gasteiger partial charge in [-0.15, -0.1) is 11.3 Å². The molecule has 0 aliphatic heterocycles. The third-order valence-electron chi connectivity index (χ3n) is 4.11. The van der Waals surface area contributed by atoms with Crippen LogP contribution in [0.15, 0.2) is 35.7 Å². The number of carbonyl (C=O) groups is 2. The van der Waals surface area contributed by atoms with Crippen molar-refractivity contribution in [3.8, 4) is 0 Å². The molecular formula is C20H26N2O3S. The second-order valence-electron chi connectivity index (χ2n) is 6.95. The third kappa shape index (κ3) is 6.35. The Morgan fingerprint density at radius 1 is 1.19 bits per heavy atom. The van der Waals surface area contributed by atoms with Gasteiger partial charge in [0.1, 0.15) is 11.8 Å². The van der Waals surface area contributed by atoms with Crippen molar-refractivity contribution >= 4 is 23.1 Å². The zero-order valence-corrected chi connectivity index (χ0v) is 16.3. The Balaban J connectivity index is 2.03. The molecule has 2 rings (SSSR count). The van der Waals surface area contributed by atoms with E-state index in [1.165, 1.54) is 23.8 Å². The Hall–Kier alpha value is -2.05. The molecule has 0 saturated heterocycles. The van der Waals surface area contributed by atoms with Crippen molar-refractivity contribution in [2.24, 2.45) is 5.92 Å². The lowest BCUT2D eigenvalue weighted by atomic mass is 9.99. The molecule has 0 radical (unpaired) electrons. The van der Waals surface area contributed by atoms with Crippen molar-refractivity contribution < 1.29 is 14.7 Å². The highest BCUT2D eigenvalue weighted by molar-refractivity contribution is 7.09. The molecule has 2 N–H and O–H groups in total. The van der Waals surface area contributed by atoms with Gasteiger partial charge in [-0.3, -0.25) is 14.9 Å². The summed E-state index contributed by atoms with van der Waals surface area (Å²) in [7, 11) is 0. The topological polar surface area (TPSA) is 79.3 Å². The van der Waals surface area contributed by atoms with E-state index in [-0.39, 0.29) is 12.2 Å². The minimum absolute atomic E-state index is 0.0343. The maximum Gasteiger partial charge on any atom is 0.321 e. The molecule has 0 spiro atoms. The summed E-state index contributed by atoms with van der Waals surface area (Å²) in [6, 6.07) is 8.78. The molecule has 0 amide bonds. The van der Waals surface area contributed by atoms with Gasteiger partial charge < -0.3 is 5.11 Å². The van der Waals surface area contributed by atoms with Crippen molar-refractivity contribution in [3.63, 3.8) is 0 Å². The zero-order valence-electron chi connectivity index (χ0n) is 15.4. The first-order chi connectivity index (χ1) is 12.3. The van der Waals surface area contributed by atoms with E-state index in [4.69, 9.17) is 0 Å². The number of aromatic nitrogens is 1. The molecule has 1 heterocycles. The molecule has 140 valence electrons. The maximum absolute atomic E-state index is 11.8. The number of nitrogens with one attached hydrogen (secondary N) is 1. The van der Waals surface area contributed by atoms with Crippen molar-refractivity contribution in [2.75, 3.05) is 0 Å². The van der Waals surface area contributed by atoms with E-state index in [9.17, 15) is 14.7 Å². The lowest BCUT2D eigenvalue weighted by Crippen LogP contribution is -2.48. The molecule has 0 saturated carbocycles. The lowest BCUT2D eigenvalue weighted by Gasteiger charge is -2.22. The minimum atomic E-state index is -0.961. The lowest BCUT2D eigenvalue weighted by molar-refractivity contribution is -0.139. The van der Waals surface area contributed by atoms with E-state index >= 15 is 0 Å². The Kier molecular flexibility index (Phi) is 7.48. The van der Waals surface area contributed by atoms with Crippen LogP contribution >= 0.6 is 11.3 Å². The molecule has 5 nitrogen and oxygen atoms in total. The van der Waals surface area contributed by atoms with Crippen LogP contribution in [0.1, 0.15) is 43.5 Å². The summed E-state index contributed by atoms with van der Waals surface area (Å²) in [6.45, 7) is 5.53. The summed E-state index contributed by atoms with van der Waals surface area (Å²) in [4.78, 5) is 28.0. The van der Waals surface area contributed by atoms with Crippen LogP contribution in [0.2, 0.25) is 0 Å².